The molecule has 19 heavy (non-hydrogen) atoms. The molecule has 0 aliphatic carbocycles. The molecule has 0 saturated carbocycles. The van der Waals surface area contributed by atoms with Gasteiger partial charge in [0.05, 0.1) is 6.61 Å². The Hall–Kier alpha value is -1.99. The van der Waals surface area contributed by atoms with Crippen molar-refractivity contribution in [1.29, 1.82) is 0 Å². The number of aliphatic hydroxyl groups excluding tert-OH is 1. The highest BCUT2D eigenvalue weighted by molar-refractivity contribution is 5.90. The van der Waals surface area contributed by atoms with Crippen molar-refractivity contribution >= 4 is 11.7 Å². The Morgan fingerprint density at radius 3 is 2.74 bits per heavy atom. The topological polar surface area (TPSA) is 61.4 Å². The Bertz CT molecular complexity index is 499. The van der Waals surface area contributed by atoms with Crippen LogP contribution in [0.3, 0.4) is 0 Å². The van der Waals surface area contributed by atoms with E-state index in [9.17, 15) is 4.79 Å². The summed E-state index contributed by atoms with van der Waals surface area (Å²) >= 11 is 0. The van der Waals surface area contributed by atoms with Gasteiger partial charge in [-0.05, 0) is 44.5 Å². The zero-order valence-corrected chi connectivity index (χ0v) is 11.6. The van der Waals surface area contributed by atoms with Gasteiger partial charge in [0.15, 0.2) is 0 Å². The predicted molar refractivity (Wildman–Crippen MR) is 77.1 cm³/mol. The fraction of sp³-hybridized carbons (Fsp3) is 0.400. The Balaban J connectivity index is 2.73. The predicted octanol–water partition coefficient (Wildman–Crippen LogP) is 2.26. The van der Waals surface area contributed by atoms with Crippen LogP contribution >= 0.6 is 0 Å². The van der Waals surface area contributed by atoms with Crippen LogP contribution in [-0.2, 0) is 0 Å². The molecule has 0 unspecified atom stereocenters. The molecule has 3 N–H and O–H groups in total. The van der Waals surface area contributed by atoms with E-state index in [-0.39, 0.29) is 18.7 Å². The molecule has 0 aromatic heterocycles. The normalized spacial score (nSPS) is 9.74. The second kappa shape index (κ2) is 7.45. The number of amides is 2. The van der Waals surface area contributed by atoms with E-state index in [2.05, 4.69) is 22.5 Å². The number of aryl methyl sites for hydroxylation is 1. The van der Waals surface area contributed by atoms with Crippen molar-refractivity contribution in [2.75, 3.05) is 11.9 Å². The molecule has 0 aliphatic heterocycles. The molecule has 0 atom stereocenters. The summed E-state index contributed by atoms with van der Waals surface area (Å²) in [6, 6.07) is 5.48. The minimum absolute atomic E-state index is 0.0704. The summed E-state index contributed by atoms with van der Waals surface area (Å²) in [5.41, 5.74) is 2.60. The lowest BCUT2D eigenvalue weighted by Crippen LogP contribution is -2.34. The van der Waals surface area contributed by atoms with Crippen molar-refractivity contribution in [3.63, 3.8) is 0 Å². The van der Waals surface area contributed by atoms with E-state index >= 15 is 0 Å². The van der Waals surface area contributed by atoms with E-state index in [1.165, 1.54) is 0 Å². The molecular weight excluding hydrogens is 240 g/mol. The number of hydrogen-bond acceptors (Lipinski definition) is 2. The number of aliphatic hydroxyl groups is 1. The first-order chi connectivity index (χ1) is 9.02. The molecule has 0 aliphatic rings. The van der Waals surface area contributed by atoms with Crippen LogP contribution in [0.25, 0.3) is 0 Å². The number of rotatable bonds is 3. The van der Waals surface area contributed by atoms with Crippen LogP contribution in [0.5, 0.6) is 0 Å². The summed E-state index contributed by atoms with van der Waals surface area (Å²) in [5.74, 6) is 5.83. The zero-order chi connectivity index (χ0) is 14.3. The molecule has 2 amide bonds. The summed E-state index contributed by atoms with van der Waals surface area (Å²) in [7, 11) is 0. The minimum Gasteiger partial charge on any atom is -0.395 e. The lowest BCUT2D eigenvalue weighted by atomic mass is 10.1. The number of urea groups is 1. The average molecular weight is 260 g/mol. The smallest absolute Gasteiger partial charge is 0.319 e. The molecule has 0 bridgehead atoms. The Morgan fingerprint density at radius 2 is 2.16 bits per heavy atom. The van der Waals surface area contributed by atoms with Gasteiger partial charge < -0.3 is 15.7 Å². The monoisotopic (exact) mass is 260 g/mol. The van der Waals surface area contributed by atoms with Gasteiger partial charge in [0.1, 0.15) is 0 Å². The molecule has 1 rings (SSSR count). The van der Waals surface area contributed by atoms with Gasteiger partial charge in [-0.1, -0.05) is 11.8 Å². The SMILES string of the molecule is Cc1cc(C#CCCO)ccc1NC(=O)NC(C)C. The molecule has 0 radical (unpaired) electrons. The Morgan fingerprint density at radius 1 is 1.42 bits per heavy atom. The molecule has 0 saturated heterocycles. The first kappa shape index (κ1) is 15.1. The van der Waals surface area contributed by atoms with E-state index in [0.717, 1.165) is 16.8 Å². The Labute approximate surface area is 114 Å². The molecule has 0 heterocycles. The molecule has 1 aromatic rings. The molecule has 4 nitrogen and oxygen atoms in total. The van der Waals surface area contributed by atoms with Crippen LogP contribution < -0.4 is 10.6 Å². The van der Waals surface area contributed by atoms with E-state index in [4.69, 9.17) is 5.11 Å². The van der Waals surface area contributed by atoms with E-state index in [1.807, 2.05) is 39.0 Å². The highest BCUT2D eigenvalue weighted by Crippen LogP contribution is 2.16. The first-order valence-electron chi connectivity index (χ1n) is 6.31. The van der Waals surface area contributed by atoms with Crippen molar-refractivity contribution in [1.82, 2.24) is 5.32 Å². The van der Waals surface area contributed by atoms with Crippen LogP contribution in [-0.4, -0.2) is 23.8 Å². The van der Waals surface area contributed by atoms with Gasteiger partial charge in [-0.3, -0.25) is 0 Å². The van der Waals surface area contributed by atoms with Gasteiger partial charge in [-0.25, -0.2) is 4.79 Å². The van der Waals surface area contributed by atoms with E-state index in [1.54, 1.807) is 0 Å². The highest BCUT2D eigenvalue weighted by Gasteiger charge is 2.05. The van der Waals surface area contributed by atoms with Gasteiger partial charge in [0, 0.05) is 23.7 Å². The lowest BCUT2D eigenvalue weighted by Gasteiger charge is -2.12. The average Bonchev–Trinajstić information content (AvgIpc) is 2.32. The van der Waals surface area contributed by atoms with Gasteiger partial charge >= 0.3 is 6.03 Å². The van der Waals surface area contributed by atoms with Crippen molar-refractivity contribution in [3.8, 4) is 11.8 Å². The summed E-state index contributed by atoms with van der Waals surface area (Å²) in [6.07, 6.45) is 0.468. The van der Waals surface area contributed by atoms with Crippen molar-refractivity contribution < 1.29 is 9.90 Å². The van der Waals surface area contributed by atoms with Gasteiger partial charge in [-0.15, -0.1) is 0 Å². The number of benzene rings is 1. The zero-order valence-electron chi connectivity index (χ0n) is 11.6. The quantitative estimate of drug-likeness (QED) is 0.730. The van der Waals surface area contributed by atoms with Crippen LogP contribution in [0, 0.1) is 18.8 Å². The van der Waals surface area contributed by atoms with Crippen molar-refractivity contribution in [2.45, 2.75) is 33.2 Å². The van der Waals surface area contributed by atoms with Crippen LogP contribution in [0.2, 0.25) is 0 Å². The van der Waals surface area contributed by atoms with Crippen LogP contribution in [0.1, 0.15) is 31.4 Å². The fourth-order valence-electron chi connectivity index (χ4n) is 1.52. The van der Waals surface area contributed by atoms with Crippen LogP contribution in [0.4, 0.5) is 10.5 Å². The molecule has 102 valence electrons. The largest absolute Gasteiger partial charge is 0.395 e. The molecule has 1 aromatic carbocycles. The second-order valence-electron chi connectivity index (χ2n) is 4.56. The minimum atomic E-state index is -0.211. The molecule has 0 spiro atoms. The maximum Gasteiger partial charge on any atom is 0.319 e. The molecular formula is C15H20N2O2. The summed E-state index contributed by atoms with van der Waals surface area (Å²) in [4.78, 5) is 11.6. The maximum absolute atomic E-state index is 11.6. The fourth-order valence-corrected chi connectivity index (χ4v) is 1.52. The number of carbonyl (C=O) groups excluding carboxylic acids is 1. The third-order valence-corrected chi connectivity index (χ3v) is 2.36. The standard InChI is InChI=1S/C15H20N2O2/c1-11(2)16-15(19)17-14-8-7-13(10-12(14)3)6-4-5-9-18/h7-8,10-11,18H,5,9H2,1-3H3,(H2,16,17,19). The summed E-state index contributed by atoms with van der Waals surface area (Å²) in [6.45, 7) is 5.81. The second-order valence-corrected chi connectivity index (χ2v) is 4.56. The van der Waals surface area contributed by atoms with Crippen molar-refractivity contribution in [2.24, 2.45) is 0 Å². The van der Waals surface area contributed by atoms with Gasteiger partial charge in [-0.2, -0.15) is 0 Å². The highest BCUT2D eigenvalue weighted by atomic mass is 16.2. The Kier molecular flexibility index (Phi) is 5.91. The maximum atomic E-state index is 11.6. The summed E-state index contributed by atoms with van der Waals surface area (Å²) in [5, 5.41) is 14.2. The van der Waals surface area contributed by atoms with E-state index in [0.29, 0.717) is 6.42 Å². The lowest BCUT2D eigenvalue weighted by molar-refractivity contribution is 0.250. The molecule has 4 heteroatoms. The first-order valence-corrected chi connectivity index (χ1v) is 6.31. The van der Waals surface area contributed by atoms with Crippen LogP contribution in [0.15, 0.2) is 18.2 Å². The van der Waals surface area contributed by atoms with Gasteiger partial charge in [0.25, 0.3) is 0 Å². The third-order valence-electron chi connectivity index (χ3n) is 2.36. The third kappa shape index (κ3) is 5.45. The summed E-state index contributed by atoms with van der Waals surface area (Å²) < 4.78 is 0. The number of carbonyl (C=O) groups is 1. The van der Waals surface area contributed by atoms with E-state index < -0.39 is 0 Å². The van der Waals surface area contributed by atoms with Crippen molar-refractivity contribution in [3.05, 3.63) is 29.3 Å². The number of hydrogen-bond donors (Lipinski definition) is 3. The van der Waals surface area contributed by atoms with Gasteiger partial charge in [0.2, 0.25) is 0 Å². The molecule has 0 fully saturated rings. The number of anilines is 1. The number of nitrogens with one attached hydrogen (secondary N) is 2.